The second kappa shape index (κ2) is 11.1. The second-order valence-electron chi connectivity index (χ2n) is 7.55. The largest absolute Gasteiger partial charge is 0.492 e. The molecule has 2 amide bonds. The van der Waals surface area contributed by atoms with Gasteiger partial charge in [-0.15, -0.1) is 0 Å². The number of hydrogen-bond acceptors (Lipinski definition) is 6. The Balaban J connectivity index is 1.48. The van der Waals surface area contributed by atoms with E-state index in [9.17, 15) is 14.4 Å². The molecular weight excluding hydrogens is 554 g/mol. The summed E-state index contributed by atoms with van der Waals surface area (Å²) >= 11 is 10.3. The molecule has 3 aromatic carbocycles. The molecule has 0 saturated carbocycles. The fourth-order valence-corrected chi connectivity index (χ4v) is 4.68. The maximum atomic E-state index is 12.9. The van der Waals surface area contributed by atoms with Crippen molar-refractivity contribution in [3.63, 3.8) is 0 Å². The molecule has 9 heteroatoms. The van der Waals surface area contributed by atoms with Crippen LogP contribution in [0.25, 0.3) is 6.08 Å². The number of thioether (sulfide) groups is 1. The van der Waals surface area contributed by atoms with E-state index >= 15 is 0 Å². The van der Waals surface area contributed by atoms with Crippen LogP contribution >= 0.6 is 39.3 Å². The molecule has 1 fully saturated rings. The Morgan fingerprint density at radius 3 is 2.57 bits per heavy atom. The number of amides is 2. The van der Waals surface area contributed by atoms with Gasteiger partial charge >= 0.3 is 5.97 Å². The van der Waals surface area contributed by atoms with E-state index in [1.54, 1.807) is 42.5 Å². The number of benzene rings is 3. The van der Waals surface area contributed by atoms with Crippen molar-refractivity contribution in [3.8, 4) is 11.5 Å². The van der Waals surface area contributed by atoms with E-state index in [1.807, 2.05) is 31.2 Å². The maximum Gasteiger partial charge on any atom is 0.345 e. The van der Waals surface area contributed by atoms with Gasteiger partial charge in [-0.1, -0.05) is 57.4 Å². The zero-order valence-corrected chi connectivity index (χ0v) is 21.7. The summed E-state index contributed by atoms with van der Waals surface area (Å²) in [5.74, 6) is -0.172. The number of imide groups is 1. The Labute approximate surface area is 220 Å². The Morgan fingerprint density at radius 2 is 1.83 bits per heavy atom. The van der Waals surface area contributed by atoms with Gasteiger partial charge in [0.2, 0.25) is 0 Å². The lowest BCUT2D eigenvalue weighted by molar-refractivity contribution is -0.123. The molecule has 0 aromatic heterocycles. The summed E-state index contributed by atoms with van der Waals surface area (Å²) < 4.78 is 11.9. The molecule has 0 unspecified atom stereocenters. The van der Waals surface area contributed by atoms with Crippen molar-refractivity contribution in [3.05, 3.63) is 97.8 Å². The average Bonchev–Trinajstić information content (AvgIpc) is 3.09. The highest BCUT2D eigenvalue weighted by molar-refractivity contribution is 9.10. The third-order valence-corrected chi connectivity index (χ3v) is 6.76. The normalized spacial score (nSPS) is 14.5. The van der Waals surface area contributed by atoms with Gasteiger partial charge in [-0.3, -0.25) is 14.5 Å². The van der Waals surface area contributed by atoms with Crippen molar-refractivity contribution in [1.82, 2.24) is 4.90 Å². The Hall–Kier alpha value is -3.07. The third kappa shape index (κ3) is 6.14. The van der Waals surface area contributed by atoms with Crippen LogP contribution in [0, 0.1) is 6.92 Å². The minimum atomic E-state index is -0.631. The van der Waals surface area contributed by atoms with Gasteiger partial charge in [-0.05, 0) is 67.2 Å². The highest BCUT2D eigenvalue weighted by Crippen LogP contribution is 2.35. The number of esters is 1. The molecule has 0 radical (unpaired) electrons. The summed E-state index contributed by atoms with van der Waals surface area (Å²) in [6.07, 6.45) is 1.53. The smallest absolute Gasteiger partial charge is 0.345 e. The summed E-state index contributed by atoms with van der Waals surface area (Å²) in [5, 5.41) is -0.122. The standard InChI is InChI=1S/C26H19BrClNO5S/c1-16-6-9-19(10-7-16)33-13-12-29-24(30)23(35-26(29)32)15-17-14-18(27)8-11-22(17)34-25(31)20-4-2-3-5-21(20)28/h2-11,14-15H,12-13H2,1H3/b23-15-. The zero-order valence-electron chi connectivity index (χ0n) is 18.5. The molecule has 0 aliphatic carbocycles. The molecule has 0 bridgehead atoms. The SMILES string of the molecule is Cc1ccc(OCCN2C(=O)S/C(=C\c3cc(Br)ccc3OC(=O)c3ccccc3Cl)C2=O)cc1. The maximum absolute atomic E-state index is 12.9. The number of halogens is 2. The summed E-state index contributed by atoms with van der Waals surface area (Å²) in [4.78, 5) is 39.4. The van der Waals surface area contributed by atoms with Gasteiger partial charge in [0.05, 0.1) is 22.0 Å². The average molecular weight is 573 g/mol. The second-order valence-corrected chi connectivity index (χ2v) is 9.86. The van der Waals surface area contributed by atoms with E-state index in [2.05, 4.69) is 15.9 Å². The van der Waals surface area contributed by atoms with Crippen LogP contribution in [-0.4, -0.2) is 35.2 Å². The summed E-state index contributed by atoms with van der Waals surface area (Å²) in [5.41, 5.74) is 1.79. The van der Waals surface area contributed by atoms with Crippen molar-refractivity contribution in [2.24, 2.45) is 0 Å². The lowest BCUT2D eigenvalue weighted by atomic mass is 10.1. The van der Waals surface area contributed by atoms with E-state index in [-0.39, 0.29) is 34.4 Å². The fraction of sp³-hybridized carbons (Fsp3) is 0.115. The lowest BCUT2D eigenvalue weighted by Crippen LogP contribution is -2.32. The van der Waals surface area contributed by atoms with Crippen LogP contribution in [0.5, 0.6) is 11.5 Å². The van der Waals surface area contributed by atoms with Crippen LogP contribution in [0.2, 0.25) is 5.02 Å². The first-order chi connectivity index (χ1) is 16.8. The van der Waals surface area contributed by atoms with Crippen molar-refractivity contribution >= 4 is 62.5 Å². The van der Waals surface area contributed by atoms with Gasteiger partial charge in [0.1, 0.15) is 18.1 Å². The molecule has 6 nitrogen and oxygen atoms in total. The van der Waals surface area contributed by atoms with Gasteiger partial charge < -0.3 is 9.47 Å². The number of rotatable bonds is 7. The fourth-order valence-electron chi connectivity index (χ4n) is 3.23. The summed E-state index contributed by atoms with van der Waals surface area (Å²) in [6.45, 7) is 2.26. The van der Waals surface area contributed by atoms with Crippen LogP contribution in [0.15, 0.2) is 76.1 Å². The summed E-state index contributed by atoms with van der Waals surface area (Å²) in [7, 11) is 0. The van der Waals surface area contributed by atoms with Crippen LogP contribution in [0.1, 0.15) is 21.5 Å². The van der Waals surface area contributed by atoms with Crippen molar-refractivity contribution in [2.75, 3.05) is 13.2 Å². The quantitative estimate of drug-likeness (QED) is 0.177. The van der Waals surface area contributed by atoms with Gasteiger partial charge in [0.15, 0.2) is 0 Å². The van der Waals surface area contributed by atoms with Crippen molar-refractivity contribution in [2.45, 2.75) is 6.92 Å². The number of carbonyl (C=O) groups excluding carboxylic acids is 3. The topological polar surface area (TPSA) is 72.9 Å². The lowest BCUT2D eigenvalue weighted by Gasteiger charge is -2.13. The van der Waals surface area contributed by atoms with Crippen LogP contribution in [0.3, 0.4) is 0 Å². The molecule has 1 aliphatic rings. The predicted molar refractivity (Wildman–Crippen MR) is 140 cm³/mol. The number of hydrogen-bond donors (Lipinski definition) is 0. The van der Waals surface area contributed by atoms with Crippen LogP contribution in [-0.2, 0) is 4.79 Å². The Morgan fingerprint density at radius 1 is 1.09 bits per heavy atom. The molecular formula is C26H19BrClNO5S. The molecule has 3 aromatic rings. The highest BCUT2D eigenvalue weighted by Gasteiger charge is 2.35. The molecule has 1 heterocycles. The molecule has 35 heavy (non-hydrogen) atoms. The van der Waals surface area contributed by atoms with E-state index in [0.717, 1.165) is 22.2 Å². The molecule has 4 rings (SSSR count). The predicted octanol–water partition coefficient (Wildman–Crippen LogP) is 6.75. The molecule has 0 spiro atoms. The number of carbonyl (C=O) groups is 3. The number of ether oxygens (including phenoxy) is 2. The number of aryl methyl sites for hydroxylation is 1. The molecule has 1 aliphatic heterocycles. The van der Waals surface area contributed by atoms with Crippen molar-refractivity contribution in [1.29, 1.82) is 0 Å². The Kier molecular flexibility index (Phi) is 7.95. The minimum absolute atomic E-state index is 0.114. The van der Waals surface area contributed by atoms with E-state index < -0.39 is 17.1 Å². The van der Waals surface area contributed by atoms with Gasteiger partial charge in [0.25, 0.3) is 11.1 Å². The number of nitrogens with zero attached hydrogens (tertiary/aromatic N) is 1. The van der Waals surface area contributed by atoms with Crippen LogP contribution < -0.4 is 9.47 Å². The first kappa shape index (κ1) is 25.0. The van der Waals surface area contributed by atoms with E-state index in [1.165, 1.54) is 6.08 Å². The molecule has 178 valence electrons. The molecule has 1 saturated heterocycles. The van der Waals surface area contributed by atoms with Gasteiger partial charge in [-0.25, -0.2) is 4.79 Å². The minimum Gasteiger partial charge on any atom is -0.492 e. The Bertz CT molecular complexity index is 1330. The van der Waals surface area contributed by atoms with Gasteiger partial charge in [-0.2, -0.15) is 0 Å². The molecule has 0 N–H and O–H groups in total. The zero-order chi connectivity index (χ0) is 24.9. The van der Waals surface area contributed by atoms with Crippen molar-refractivity contribution < 1.29 is 23.9 Å². The van der Waals surface area contributed by atoms with E-state index in [4.69, 9.17) is 21.1 Å². The van der Waals surface area contributed by atoms with Crippen LogP contribution in [0.4, 0.5) is 4.79 Å². The monoisotopic (exact) mass is 571 g/mol. The highest BCUT2D eigenvalue weighted by atomic mass is 79.9. The molecule has 0 atom stereocenters. The summed E-state index contributed by atoms with van der Waals surface area (Å²) in [6, 6.07) is 19.1. The first-order valence-corrected chi connectivity index (χ1v) is 12.5. The van der Waals surface area contributed by atoms with E-state index in [0.29, 0.717) is 15.8 Å². The van der Waals surface area contributed by atoms with Gasteiger partial charge in [0, 0.05) is 10.0 Å². The first-order valence-electron chi connectivity index (χ1n) is 10.5. The third-order valence-electron chi connectivity index (χ3n) is 5.03.